The molecule has 11 heteroatoms. The molecule has 1 unspecified atom stereocenters. The van der Waals surface area contributed by atoms with Gasteiger partial charge in [-0.2, -0.15) is 10.4 Å². The minimum Gasteiger partial charge on any atom is -0.486 e. The number of β-amino-alcohol motifs (C(OH)–C–C–N with tert-alkyl or cyclic N) is 1. The first kappa shape index (κ1) is 25.4. The fourth-order valence-corrected chi connectivity index (χ4v) is 4.82. The molecule has 1 saturated carbocycles. The number of ether oxygens (including phenoxy) is 1. The molecule has 5 rings (SSSR count). The molecule has 2 fully saturated rings. The van der Waals surface area contributed by atoms with E-state index >= 15 is 0 Å². The summed E-state index contributed by atoms with van der Waals surface area (Å²) in [4.78, 5) is 30.1. The number of carbonyl (C=O) groups excluding carboxylic acids is 2. The third kappa shape index (κ3) is 5.37. The molecule has 2 amide bonds. The van der Waals surface area contributed by atoms with Crippen molar-refractivity contribution in [1.82, 2.24) is 19.7 Å². The summed E-state index contributed by atoms with van der Waals surface area (Å²) < 4.78 is 7.68. The zero-order valence-corrected chi connectivity index (χ0v) is 20.8. The number of nitriles is 1. The molecular weight excluding hydrogens is 488 g/mol. The summed E-state index contributed by atoms with van der Waals surface area (Å²) in [7, 11) is 1.85. The number of benzene rings is 1. The molecule has 3 aromatic rings. The van der Waals surface area contributed by atoms with Crippen LogP contribution < -0.4 is 10.1 Å². The lowest BCUT2D eigenvalue weighted by Crippen LogP contribution is -2.51. The van der Waals surface area contributed by atoms with Crippen LogP contribution in [0.4, 0.5) is 5.82 Å². The molecule has 3 N–H and O–H groups in total. The van der Waals surface area contributed by atoms with Gasteiger partial charge in [0.25, 0.3) is 0 Å². The van der Waals surface area contributed by atoms with Crippen molar-refractivity contribution in [3.05, 3.63) is 60.0 Å². The number of piperidine rings is 1. The van der Waals surface area contributed by atoms with Crippen molar-refractivity contribution >= 4 is 17.6 Å². The lowest BCUT2D eigenvalue weighted by Gasteiger charge is -2.35. The highest BCUT2D eigenvalue weighted by Gasteiger charge is 2.44. The van der Waals surface area contributed by atoms with Crippen molar-refractivity contribution in [3.8, 4) is 22.9 Å². The second-order valence-electron chi connectivity index (χ2n) is 9.65. The molecule has 0 bridgehead atoms. The second kappa shape index (κ2) is 10.6. The number of likely N-dealkylation sites (tertiary alicyclic amines) is 1. The molecule has 3 heterocycles. The summed E-state index contributed by atoms with van der Waals surface area (Å²) in [6, 6.07) is 10.9. The molecule has 1 saturated heterocycles. The van der Waals surface area contributed by atoms with Crippen molar-refractivity contribution in [2.24, 2.45) is 13.0 Å². The fourth-order valence-electron chi connectivity index (χ4n) is 4.82. The maximum atomic E-state index is 12.8. The first-order chi connectivity index (χ1) is 18.4. The Labute approximate surface area is 219 Å². The van der Waals surface area contributed by atoms with Gasteiger partial charge >= 0.3 is 0 Å². The number of aryl methyl sites for hydroxylation is 1. The van der Waals surface area contributed by atoms with Gasteiger partial charge in [-0.05, 0) is 53.3 Å². The van der Waals surface area contributed by atoms with Crippen molar-refractivity contribution in [1.29, 1.82) is 5.26 Å². The Kier molecular flexibility index (Phi) is 7.09. The Morgan fingerprint density at radius 1 is 1.26 bits per heavy atom. The van der Waals surface area contributed by atoms with Crippen LogP contribution in [-0.4, -0.2) is 73.6 Å². The van der Waals surface area contributed by atoms with Gasteiger partial charge < -0.3 is 25.2 Å². The Hall–Kier alpha value is -4.27. The molecule has 1 aliphatic carbocycles. The van der Waals surface area contributed by atoms with Gasteiger partial charge in [0.15, 0.2) is 0 Å². The molecule has 1 aliphatic heterocycles. The molecule has 11 nitrogen and oxygen atoms in total. The smallest absolute Gasteiger partial charge is 0.248 e. The highest BCUT2D eigenvalue weighted by molar-refractivity contribution is 5.95. The second-order valence-corrected chi connectivity index (χ2v) is 9.65. The number of anilines is 1. The molecule has 196 valence electrons. The molecule has 2 aliphatic rings. The van der Waals surface area contributed by atoms with E-state index in [1.807, 2.05) is 13.2 Å². The first-order valence-corrected chi connectivity index (χ1v) is 12.4. The zero-order chi connectivity index (χ0) is 26.8. The summed E-state index contributed by atoms with van der Waals surface area (Å²) in [6.07, 6.45) is 4.94. The summed E-state index contributed by atoms with van der Waals surface area (Å²) in [5.41, 5.74) is 2.87. The summed E-state index contributed by atoms with van der Waals surface area (Å²) >= 11 is 0. The third-order valence-corrected chi connectivity index (χ3v) is 7.01. The van der Waals surface area contributed by atoms with Gasteiger partial charge in [0, 0.05) is 38.3 Å². The molecule has 2 aromatic heterocycles. The van der Waals surface area contributed by atoms with Gasteiger partial charge in [0.05, 0.1) is 18.3 Å². The Balaban J connectivity index is 1.25. The van der Waals surface area contributed by atoms with E-state index < -0.39 is 24.7 Å². The highest BCUT2D eigenvalue weighted by atomic mass is 16.5. The fraction of sp³-hybridized carbons (Fsp3) is 0.370. The summed E-state index contributed by atoms with van der Waals surface area (Å²) in [5.74, 6) is 0.280. The number of pyridine rings is 1. The number of carbonyl (C=O) groups is 2. The summed E-state index contributed by atoms with van der Waals surface area (Å²) in [6.45, 7) is -0.207. The monoisotopic (exact) mass is 516 g/mol. The Morgan fingerprint density at radius 3 is 2.79 bits per heavy atom. The third-order valence-electron chi connectivity index (χ3n) is 7.01. The van der Waals surface area contributed by atoms with Gasteiger partial charge in [0.1, 0.15) is 36.5 Å². The van der Waals surface area contributed by atoms with Crippen molar-refractivity contribution in [2.75, 3.05) is 25.0 Å². The maximum absolute atomic E-state index is 12.8. The van der Waals surface area contributed by atoms with Gasteiger partial charge in [-0.3, -0.25) is 14.3 Å². The minimum atomic E-state index is -0.943. The van der Waals surface area contributed by atoms with Crippen LogP contribution in [0.15, 0.2) is 48.9 Å². The standard InChI is InChI=1S/C27H28N6O5/c1-32-13-19(12-30-32)20-10-21(20)27(37)31-25-9-17(4-6-29-25)16-2-3-23(18(8-16)11-28)38-24-5-7-33(14-22(24)35)26(36)15-34/h2-4,6,8-9,12-13,20-22,24,34-35H,5,7,10,14-15H2,1H3,(H,29,31,37)/t20?,21-,22-,24+/m1/s1. The van der Waals surface area contributed by atoms with E-state index in [2.05, 4.69) is 21.5 Å². The van der Waals surface area contributed by atoms with Gasteiger partial charge in [-0.1, -0.05) is 6.07 Å². The van der Waals surface area contributed by atoms with Crippen LogP contribution in [0.5, 0.6) is 5.75 Å². The molecular formula is C27H28N6O5. The van der Waals surface area contributed by atoms with Crippen LogP contribution in [0.3, 0.4) is 0 Å². The number of nitrogens with zero attached hydrogens (tertiary/aromatic N) is 5. The predicted molar refractivity (Wildman–Crippen MR) is 136 cm³/mol. The number of hydrogen-bond acceptors (Lipinski definition) is 8. The van der Waals surface area contributed by atoms with E-state index in [-0.39, 0.29) is 24.3 Å². The Bertz CT molecular complexity index is 1400. The number of rotatable bonds is 7. The number of amides is 2. The Morgan fingerprint density at radius 2 is 2.08 bits per heavy atom. The van der Waals surface area contributed by atoms with Crippen LogP contribution in [-0.2, 0) is 16.6 Å². The van der Waals surface area contributed by atoms with Gasteiger partial charge in [-0.25, -0.2) is 4.98 Å². The average Bonchev–Trinajstić information content (AvgIpc) is 3.62. The average molecular weight is 517 g/mol. The zero-order valence-electron chi connectivity index (χ0n) is 20.8. The summed E-state index contributed by atoms with van der Waals surface area (Å²) in [5, 5.41) is 36.3. The van der Waals surface area contributed by atoms with E-state index in [9.17, 15) is 20.0 Å². The highest BCUT2D eigenvalue weighted by Crippen LogP contribution is 2.47. The lowest BCUT2D eigenvalue weighted by molar-refractivity contribution is -0.139. The van der Waals surface area contributed by atoms with E-state index in [1.54, 1.807) is 47.4 Å². The topological polar surface area (TPSA) is 154 Å². The van der Waals surface area contributed by atoms with Gasteiger partial charge in [-0.15, -0.1) is 0 Å². The molecule has 4 atom stereocenters. The number of hydrogen-bond donors (Lipinski definition) is 3. The first-order valence-electron chi connectivity index (χ1n) is 12.4. The van der Waals surface area contributed by atoms with Crippen LogP contribution in [0, 0.1) is 17.2 Å². The van der Waals surface area contributed by atoms with E-state index in [0.717, 1.165) is 23.1 Å². The predicted octanol–water partition coefficient (Wildman–Crippen LogP) is 1.43. The maximum Gasteiger partial charge on any atom is 0.248 e. The van der Waals surface area contributed by atoms with Crippen LogP contribution in [0.25, 0.3) is 11.1 Å². The van der Waals surface area contributed by atoms with E-state index in [1.165, 1.54) is 4.90 Å². The van der Waals surface area contributed by atoms with Gasteiger partial charge in [0.2, 0.25) is 11.8 Å². The number of aliphatic hydroxyl groups excluding tert-OH is 2. The number of nitrogens with one attached hydrogen (secondary N) is 1. The quantitative estimate of drug-likeness (QED) is 0.426. The van der Waals surface area contributed by atoms with Crippen LogP contribution >= 0.6 is 0 Å². The van der Waals surface area contributed by atoms with Crippen molar-refractivity contribution in [2.45, 2.75) is 31.0 Å². The number of aromatic nitrogens is 3. The molecule has 0 spiro atoms. The largest absolute Gasteiger partial charge is 0.486 e. The van der Waals surface area contributed by atoms with Crippen LogP contribution in [0.1, 0.15) is 29.9 Å². The normalized spacial score (nSPS) is 22.4. The van der Waals surface area contributed by atoms with Crippen molar-refractivity contribution < 1.29 is 24.5 Å². The minimum absolute atomic E-state index is 0.0549. The van der Waals surface area contributed by atoms with E-state index in [0.29, 0.717) is 30.1 Å². The lowest BCUT2D eigenvalue weighted by atomic mass is 10.0. The SMILES string of the molecule is Cn1cc(C2C[C@H]2C(=O)Nc2cc(-c3ccc(O[C@H]4CCN(C(=O)CO)C[C@H]4O)c(C#N)c3)ccn2)cn1. The molecule has 1 aromatic carbocycles. The van der Waals surface area contributed by atoms with Crippen molar-refractivity contribution in [3.63, 3.8) is 0 Å². The molecule has 0 radical (unpaired) electrons. The van der Waals surface area contributed by atoms with E-state index in [4.69, 9.17) is 9.84 Å². The molecule has 38 heavy (non-hydrogen) atoms. The number of aliphatic hydroxyl groups is 2. The van der Waals surface area contributed by atoms with Crippen LogP contribution in [0.2, 0.25) is 0 Å².